The molecule has 0 aromatic carbocycles. The average molecular weight is 372 g/mol. The van der Waals surface area contributed by atoms with E-state index in [-0.39, 0.29) is 17.4 Å². The lowest BCUT2D eigenvalue weighted by atomic mass is 9.89. The van der Waals surface area contributed by atoms with Gasteiger partial charge in [-0.15, -0.1) is 11.3 Å². The Morgan fingerprint density at radius 3 is 2.92 bits per heavy atom. The molecule has 7 nitrogen and oxygen atoms in total. The lowest BCUT2D eigenvalue weighted by Crippen LogP contribution is -2.18. The molecule has 9 heteroatoms. The number of anilines is 2. The number of nitriles is 1. The van der Waals surface area contributed by atoms with Crippen molar-refractivity contribution in [3.05, 3.63) is 33.6 Å². The molecular weight excluding hydrogens is 356 g/mol. The van der Waals surface area contributed by atoms with Crippen molar-refractivity contribution in [3.63, 3.8) is 0 Å². The number of pyridine rings is 1. The van der Waals surface area contributed by atoms with Gasteiger partial charge in [0.2, 0.25) is 5.69 Å². The van der Waals surface area contributed by atoms with E-state index in [4.69, 9.17) is 22.8 Å². The van der Waals surface area contributed by atoms with Crippen LogP contribution in [0.15, 0.2) is 10.4 Å². The third kappa shape index (κ3) is 3.69. The number of rotatable bonds is 4. The molecule has 0 spiro atoms. The van der Waals surface area contributed by atoms with Gasteiger partial charge in [0.05, 0.1) is 24.4 Å². The van der Waals surface area contributed by atoms with Crippen LogP contribution in [0.4, 0.5) is 16.6 Å². The van der Waals surface area contributed by atoms with Gasteiger partial charge in [0, 0.05) is 17.7 Å². The second-order valence-corrected chi connectivity index (χ2v) is 7.40. The quantitative estimate of drug-likeness (QED) is 0.625. The highest BCUT2D eigenvalue weighted by Gasteiger charge is 2.27. The predicted octanol–water partition coefficient (Wildman–Crippen LogP) is 3.31. The fourth-order valence-corrected chi connectivity index (χ4v) is 4.38. The molecule has 1 saturated heterocycles. The molecule has 0 radical (unpaired) electrons. The monoisotopic (exact) mass is 372 g/mol. The second kappa shape index (κ2) is 7.70. The summed E-state index contributed by atoms with van der Waals surface area (Å²) >= 11 is 2.75. The Balaban J connectivity index is 1.99. The van der Waals surface area contributed by atoms with Crippen molar-refractivity contribution >= 4 is 39.7 Å². The summed E-state index contributed by atoms with van der Waals surface area (Å²) in [4.78, 5) is 12.1. The smallest absolute Gasteiger partial charge is 0.232 e. The van der Waals surface area contributed by atoms with Crippen LogP contribution in [0.5, 0.6) is 0 Å². The Hall–Kier alpha value is -2.33. The van der Waals surface area contributed by atoms with Gasteiger partial charge in [0.1, 0.15) is 16.9 Å². The van der Waals surface area contributed by atoms with Gasteiger partial charge in [-0.05, 0) is 24.3 Å². The highest BCUT2D eigenvalue weighted by molar-refractivity contribution is 7.98. The van der Waals surface area contributed by atoms with Gasteiger partial charge in [-0.3, -0.25) is 0 Å². The molecule has 3 rings (SSSR count). The number of hydrogen-bond donors (Lipinski definition) is 2. The SMILES string of the molecule is [C-]#[N+]c1c(N)nc(SCc2csc(N)n2)c(C#N)c1C1CCCOC1. The van der Waals surface area contributed by atoms with Crippen LogP contribution in [0.3, 0.4) is 0 Å². The van der Waals surface area contributed by atoms with Crippen LogP contribution in [0.25, 0.3) is 4.85 Å². The third-order valence-electron chi connectivity index (χ3n) is 3.92. The molecule has 1 fully saturated rings. The van der Waals surface area contributed by atoms with Crippen molar-refractivity contribution in [2.45, 2.75) is 29.5 Å². The summed E-state index contributed by atoms with van der Waals surface area (Å²) < 4.78 is 5.54. The molecule has 1 unspecified atom stereocenters. The first-order valence-corrected chi connectivity index (χ1v) is 9.52. The number of nitrogens with two attached hydrogens (primary N) is 2. The van der Waals surface area contributed by atoms with Crippen molar-refractivity contribution in [2.75, 3.05) is 24.7 Å². The van der Waals surface area contributed by atoms with Gasteiger partial charge >= 0.3 is 0 Å². The van der Waals surface area contributed by atoms with E-state index >= 15 is 0 Å². The number of thiazole rings is 1. The van der Waals surface area contributed by atoms with Crippen LogP contribution in [0, 0.1) is 17.9 Å². The van der Waals surface area contributed by atoms with Crippen molar-refractivity contribution in [1.82, 2.24) is 9.97 Å². The molecule has 0 saturated carbocycles. The van der Waals surface area contributed by atoms with Crippen molar-refractivity contribution in [2.24, 2.45) is 0 Å². The Kier molecular flexibility index (Phi) is 5.39. The highest BCUT2D eigenvalue weighted by Crippen LogP contribution is 2.41. The summed E-state index contributed by atoms with van der Waals surface area (Å²) in [6.07, 6.45) is 1.77. The van der Waals surface area contributed by atoms with E-state index in [2.05, 4.69) is 20.9 Å². The first-order chi connectivity index (χ1) is 12.1. The molecule has 2 aromatic rings. The Labute approximate surface area is 153 Å². The molecule has 2 aromatic heterocycles. The molecule has 0 aliphatic carbocycles. The standard InChI is InChI=1S/C16H16N6OS2/c1-20-13-12(9-3-2-4-23-6-9)11(5-17)15(22-14(13)18)24-7-10-8-25-16(19)21-10/h8-9H,2-4,6-7H2,(H2,18,22)(H2,19,21). The third-order valence-corrected chi connectivity index (χ3v) is 5.65. The minimum atomic E-state index is -0.00735. The predicted molar refractivity (Wildman–Crippen MR) is 98.5 cm³/mol. The second-order valence-electron chi connectivity index (χ2n) is 5.54. The summed E-state index contributed by atoms with van der Waals surface area (Å²) in [5.74, 6) is 0.689. The van der Waals surface area contributed by atoms with E-state index in [0.29, 0.717) is 40.3 Å². The summed E-state index contributed by atoms with van der Waals surface area (Å²) in [6.45, 7) is 8.65. The van der Waals surface area contributed by atoms with Gasteiger partial charge in [-0.25, -0.2) is 14.8 Å². The van der Waals surface area contributed by atoms with E-state index in [1.807, 2.05) is 5.38 Å². The average Bonchev–Trinajstić information content (AvgIpc) is 3.05. The molecule has 0 amide bonds. The summed E-state index contributed by atoms with van der Waals surface area (Å²) in [5, 5.41) is 12.6. The molecule has 4 N–H and O–H groups in total. The Morgan fingerprint density at radius 1 is 1.48 bits per heavy atom. The van der Waals surface area contributed by atoms with Gasteiger partial charge in [0.15, 0.2) is 5.13 Å². The van der Waals surface area contributed by atoms with E-state index in [9.17, 15) is 5.26 Å². The zero-order valence-corrected chi connectivity index (χ0v) is 15.0. The maximum absolute atomic E-state index is 9.72. The molecule has 1 aliphatic heterocycles. The number of nitrogens with zero attached hydrogens (tertiary/aromatic N) is 4. The normalized spacial score (nSPS) is 17.0. The minimum Gasteiger partial charge on any atom is -0.392 e. The number of hydrogen-bond acceptors (Lipinski definition) is 8. The molecule has 3 heterocycles. The first-order valence-electron chi connectivity index (χ1n) is 7.65. The largest absolute Gasteiger partial charge is 0.392 e. The summed E-state index contributed by atoms with van der Waals surface area (Å²) in [6, 6.07) is 2.22. The number of aromatic nitrogens is 2. The summed E-state index contributed by atoms with van der Waals surface area (Å²) in [5.41, 5.74) is 13.9. The molecular formula is C16H16N6OS2. The fraction of sp³-hybridized carbons (Fsp3) is 0.375. The van der Waals surface area contributed by atoms with E-state index in [1.165, 1.54) is 23.1 Å². The number of ether oxygens (including phenoxy) is 1. The number of thioether (sulfide) groups is 1. The Morgan fingerprint density at radius 2 is 2.32 bits per heavy atom. The van der Waals surface area contributed by atoms with Crippen molar-refractivity contribution < 1.29 is 4.74 Å². The van der Waals surface area contributed by atoms with E-state index in [1.54, 1.807) is 0 Å². The van der Waals surface area contributed by atoms with Crippen LogP contribution in [-0.2, 0) is 10.5 Å². The lowest BCUT2D eigenvalue weighted by molar-refractivity contribution is 0.0805. The van der Waals surface area contributed by atoms with Gasteiger partial charge in [0.25, 0.3) is 0 Å². The zero-order chi connectivity index (χ0) is 17.8. The van der Waals surface area contributed by atoms with Crippen molar-refractivity contribution in [3.8, 4) is 6.07 Å². The lowest BCUT2D eigenvalue weighted by Gasteiger charge is -2.25. The Bertz CT molecular complexity index is 861. The van der Waals surface area contributed by atoms with E-state index in [0.717, 1.165) is 18.5 Å². The maximum atomic E-state index is 9.72. The topological polar surface area (TPSA) is 115 Å². The number of nitrogen functional groups attached to an aromatic ring is 2. The van der Waals surface area contributed by atoms with Crippen LogP contribution in [-0.4, -0.2) is 23.2 Å². The van der Waals surface area contributed by atoms with Crippen LogP contribution in [0.2, 0.25) is 0 Å². The van der Waals surface area contributed by atoms with Gasteiger partial charge in [-0.1, -0.05) is 11.8 Å². The van der Waals surface area contributed by atoms with Crippen molar-refractivity contribution in [1.29, 1.82) is 5.26 Å². The van der Waals surface area contributed by atoms with Gasteiger partial charge < -0.3 is 16.2 Å². The molecule has 0 bridgehead atoms. The van der Waals surface area contributed by atoms with E-state index < -0.39 is 0 Å². The molecule has 25 heavy (non-hydrogen) atoms. The molecule has 1 aliphatic rings. The van der Waals surface area contributed by atoms with Crippen LogP contribution >= 0.6 is 23.1 Å². The first kappa shape index (κ1) is 17.5. The van der Waals surface area contributed by atoms with Crippen LogP contribution in [0.1, 0.15) is 35.6 Å². The summed E-state index contributed by atoms with van der Waals surface area (Å²) in [7, 11) is 0. The minimum absolute atomic E-state index is 0.00735. The highest BCUT2D eigenvalue weighted by atomic mass is 32.2. The van der Waals surface area contributed by atoms with Crippen LogP contribution < -0.4 is 11.5 Å². The van der Waals surface area contributed by atoms with Gasteiger partial charge in [-0.2, -0.15) is 5.26 Å². The zero-order valence-electron chi connectivity index (χ0n) is 13.4. The maximum Gasteiger partial charge on any atom is 0.232 e. The molecule has 1 atom stereocenters. The fourth-order valence-electron chi connectivity index (χ4n) is 2.82. The molecule has 128 valence electrons.